The lowest BCUT2D eigenvalue weighted by Crippen LogP contribution is -2.09. The zero-order valence-corrected chi connectivity index (χ0v) is 16.1. The van der Waals surface area contributed by atoms with Crippen LogP contribution in [0.1, 0.15) is 51.5 Å². The van der Waals surface area contributed by atoms with Crippen molar-refractivity contribution in [2.45, 2.75) is 39.4 Å². The molecule has 0 saturated heterocycles. The van der Waals surface area contributed by atoms with Gasteiger partial charge < -0.3 is 35.8 Å². The molecule has 0 saturated carbocycles. The maximum atomic E-state index is 11.6. The Labute approximate surface area is 163 Å². The fourth-order valence-corrected chi connectivity index (χ4v) is 3.27. The summed E-state index contributed by atoms with van der Waals surface area (Å²) in [4.78, 5) is 14.5. The second-order valence-electron chi connectivity index (χ2n) is 5.98. The molecule has 2 rings (SSSR count). The van der Waals surface area contributed by atoms with E-state index in [9.17, 15) is 30.3 Å². The molecule has 28 heavy (non-hydrogen) atoms. The molecule has 154 valence electrons. The SMILES string of the molecule is C=C.CNCc1[nH]c(C(=O)O)c(C(C)O)c1-c1ccc(CO)c(CO)c1CO. The summed E-state index contributed by atoms with van der Waals surface area (Å²) < 4.78 is 0. The molecule has 0 aliphatic carbocycles. The average Bonchev–Trinajstić information content (AvgIpc) is 3.08. The summed E-state index contributed by atoms with van der Waals surface area (Å²) in [6, 6.07) is 3.26. The van der Waals surface area contributed by atoms with Gasteiger partial charge in [-0.05, 0) is 36.2 Å². The van der Waals surface area contributed by atoms with E-state index in [0.29, 0.717) is 40.1 Å². The van der Waals surface area contributed by atoms with E-state index in [0.717, 1.165) is 0 Å². The Morgan fingerprint density at radius 3 is 2.18 bits per heavy atom. The highest BCUT2D eigenvalue weighted by Gasteiger charge is 2.27. The lowest BCUT2D eigenvalue weighted by atomic mass is 9.89. The van der Waals surface area contributed by atoms with Gasteiger partial charge in [0.1, 0.15) is 5.69 Å². The Hall–Kier alpha value is -2.49. The number of aromatic amines is 1. The number of aliphatic hydroxyl groups excluding tert-OH is 4. The molecule has 1 unspecified atom stereocenters. The maximum absolute atomic E-state index is 11.6. The number of aromatic nitrogens is 1. The molecule has 1 heterocycles. The third-order valence-corrected chi connectivity index (χ3v) is 4.39. The summed E-state index contributed by atoms with van der Waals surface area (Å²) >= 11 is 0. The third-order valence-electron chi connectivity index (χ3n) is 4.39. The van der Waals surface area contributed by atoms with Crippen molar-refractivity contribution in [3.8, 4) is 11.1 Å². The van der Waals surface area contributed by atoms with Crippen molar-refractivity contribution in [3.63, 3.8) is 0 Å². The van der Waals surface area contributed by atoms with Crippen LogP contribution in [0.5, 0.6) is 0 Å². The van der Waals surface area contributed by atoms with Crippen LogP contribution in [0.2, 0.25) is 0 Å². The minimum absolute atomic E-state index is 0.124. The number of nitrogens with one attached hydrogen (secondary N) is 2. The fourth-order valence-electron chi connectivity index (χ4n) is 3.27. The van der Waals surface area contributed by atoms with Gasteiger partial charge in [-0.15, -0.1) is 13.2 Å². The van der Waals surface area contributed by atoms with Crippen LogP contribution in [0.4, 0.5) is 0 Å². The number of benzene rings is 1. The Morgan fingerprint density at radius 2 is 1.75 bits per heavy atom. The molecule has 8 heteroatoms. The van der Waals surface area contributed by atoms with E-state index in [2.05, 4.69) is 23.5 Å². The molecule has 8 nitrogen and oxygen atoms in total. The Bertz CT molecular complexity index is 814. The number of carboxylic acid groups (broad SMARTS) is 1. The van der Waals surface area contributed by atoms with Crippen LogP contribution in [0.15, 0.2) is 25.3 Å². The number of carboxylic acids is 1. The van der Waals surface area contributed by atoms with Crippen molar-refractivity contribution in [1.82, 2.24) is 10.3 Å². The first kappa shape index (κ1) is 23.5. The number of hydrogen-bond acceptors (Lipinski definition) is 6. The minimum atomic E-state index is -1.20. The van der Waals surface area contributed by atoms with E-state index in [1.54, 1.807) is 19.2 Å². The van der Waals surface area contributed by atoms with E-state index >= 15 is 0 Å². The van der Waals surface area contributed by atoms with Gasteiger partial charge in [-0.2, -0.15) is 0 Å². The van der Waals surface area contributed by atoms with Crippen molar-refractivity contribution >= 4 is 5.97 Å². The lowest BCUT2D eigenvalue weighted by Gasteiger charge is -2.18. The molecule has 0 aliphatic heterocycles. The monoisotopic (exact) mass is 392 g/mol. The van der Waals surface area contributed by atoms with Gasteiger partial charge >= 0.3 is 5.97 Å². The van der Waals surface area contributed by atoms with Gasteiger partial charge in [0.05, 0.1) is 25.9 Å². The summed E-state index contributed by atoms with van der Waals surface area (Å²) in [5.41, 5.74) is 2.83. The van der Waals surface area contributed by atoms with Crippen LogP contribution in [0.3, 0.4) is 0 Å². The smallest absolute Gasteiger partial charge is 0.352 e. The Morgan fingerprint density at radius 1 is 1.14 bits per heavy atom. The first-order chi connectivity index (χ1) is 13.4. The molecule has 0 bridgehead atoms. The van der Waals surface area contributed by atoms with E-state index in [1.165, 1.54) is 6.92 Å². The Kier molecular flexibility index (Phi) is 9.04. The molecule has 0 fully saturated rings. The van der Waals surface area contributed by atoms with Crippen LogP contribution in [-0.4, -0.2) is 43.5 Å². The topological polar surface area (TPSA) is 146 Å². The predicted molar refractivity (Wildman–Crippen MR) is 106 cm³/mol. The van der Waals surface area contributed by atoms with Crippen molar-refractivity contribution in [1.29, 1.82) is 0 Å². The van der Waals surface area contributed by atoms with E-state index in [4.69, 9.17) is 0 Å². The Balaban J connectivity index is 0.00000190. The van der Waals surface area contributed by atoms with Crippen LogP contribution < -0.4 is 5.32 Å². The molecule has 1 aromatic heterocycles. The van der Waals surface area contributed by atoms with E-state index in [-0.39, 0.29) is 24.5 Å². The van der Waals surface area contributed by atoms with Gasteiger partial charge in [0.2, 0.25) is 0 Å². The lowest BCUT2D eigenvalue weighted by molar-refractivity contribution is 0.0684. The van der Waals surface area contributed by atoms with Crippen molar-refractivity contribution in [2.24, 2.45) is 0 Å². The molecular formula is C20H28N2O6. The predicted octanol–water partition coefficient (Wildman–Crippen LogP) is 1.43. The van der Waals surface area contributed by atoms with Crippen LogP contribution >= 0.6 is 0 Å². The zero-order chi connectivity index (χ0) is 21.4. The van der Waals surface area contributed by atoms with Gasteiger partial charge in [0.15, 0.2) is 0 Å². The second kappa shape index (κ2) is 10.7. The number of aliphatic hydroxyl groups is 4. The molecule has 0 spiro atoms. The highest BCUT2D eigenvalue weighted by molar-refractivity contribution is 5.92. The molecule has 1 aromatic carbocycles. The number of rotatable bonds is 8. The number of carbonyl (C=O) groups is 1. The summed E-state index contributed by atoms with van der Waals surface area (Å²) in [5.74, 6) is -1.20. The molecule has 0 aliphatic rings. The van der Waals surface area contributed by atoms with Crippen molar-refractivity contribution in [2.75, 3.05) is 7.05 Å². The summed E-state index contributed by atoms with van der Waals surface area (Å²) in [7, 11) is 1.70. The molecule has 0 radical (unpaired) electrons. The number of H-pyrrole nitrogens is 1. The third kappa shape index (κ3) is 4.49. The zero-order valence-electron chi connectivity index (χ0n) is 16.1. The maximum Gasteiger partial charge on any atom is 0.352 e. The van der Waals surface area contributed by atoms with Crippen LogP contribution in [-0.2, 0) is 26.4 Å². The largest absolute Gasteiger partial charge is 0.477 e. The number of aromatic carboxylic acids is 1. The first-order valence-corrected chi connectivity index (χ1v) is 8.68. The van der Waals surface area contributed by atoms with Gasteiger partial charge in [-0.25, -0.2) is 4.79 Å². The fraction of sp³-hybridized carbons (Fsp3) is 0.350. The second-order valence-corrected chi connectivity index (χ2v) is 5.98. The number of hydrogen-bond donors (Lipinski definition) is 7. The summed E-state index contributed by atoms with van der Waals surface area (Å²) in [5, 5.41) is 51.7. The molecular weight excluding hydrogens is 364 g/mol. The van der Waals surface area contributed by atoms with E-state index < -0.39 is 18.7 Å². The van der Waals surface area contributed by atoms with Crippen LogP contribution in [0, 0.1) is 0 Å². The quantitative estimate of drug-likeness (QED) is 0.336. The highest BCUT2D eigenvalue weighted by atomic mass is 16.4. The standard InChI is InChI=1S/C18H24N2O6.C2H4/c1-9(24)15-16(14(5-19-2)20-17(15)18(25)26)11-4-3-10(6-21)12(7-22)13(11)8-23;1-2/h3-4,9,19-24H,5-8H2,1-2H3,(H,25,26);1-2H2. The van der Waals surface area contributed by atoms with Gasteiger partial charge in [0.25, 0.3) is 0 Å². The van der Waals surface area contributed by atoms with Crippen LogP contribution in [0.25, 0.3) is 11.1 Å². The minimum Gasteiger partial charge on any atom is -0.477 e. The molecule has 1 atom stereocenters. The van der Waals surface area contributed by atoms with Crippen molar-refractivity contribution in [3.05, 3.63) is 58.9 Å². The van der Waals surface area contributed by atoms with Gasteiger partial charge in [0, 0.05) is 23.4 Å². The van der Waals surface area contributed by atoms with Crippen molar-refractivity contribution < 1.29 is 30.3 Å². The van der Waals surface area contributed by atoms with Gasteiger partial charge in [-0.3, -0.25) is 0 Å². The molecule has 2 aromatic rings. The average molecular weight is 392 g/mol. The van der Waals surface area contributed by atoms with E-state index in [1.807, 2.05) is 0 Å². The first-order valence-electron chi connectivity index (χ1n) is 8.68. The van der Waals surface area contributed by atoms with Gasteiger partial charge in [-0.1, -0.05) is 12.1 Å². The highest BCUT2D eigenvalue weighted by Crippen LogP contribution is 2.38. The normalized spacial score (nSPS) is 11.6. The summed E-state index contributed by atoms with van der Waals surface area (Å²) in [6.45, 7) is 6.68. The molecule has 7 N–H and O–H groups in total. The molecule has 0 amide bonds. The summed E-state index contributed by atoms with van der Waals surface area (Å²) in [6.07, 6.45) is -1.07.